The van der Waals surface area contributed by atoms with Gasteiger partial charge in [-0.3, -0.25) is 4.98 Å². The van der Waals surface area contributed by atoms with Gasteiger partial charge < -0.3 is 5.32 Å². The molecule has 1 aromatic carbocycles. The van der Waals surface area contributed by atoms with Gasteiger partial charge in [0.25, 0.3) is 0 Å². The van der Waals surface area contributed by atoms with Crippen molar-refractivity contribution in [2.24, 2.45) is 0 Å². The van der Waals surface area contributed by atoms with Gasteiger partial charge in [0.1, 0.15) is 5.82 Å². The van der Waals surface area contributed by atoms with Crippen molar-refractivity contribution < 1.29 is 4.39 Å². The number of nitrogens with one attached hydrogen (secondary N) is 1. The van der Waals surface area contributed by atoms with Gasteiger partial charge in [-0.25, -0.2) is 4.39 Å². The molecule has 2 heterocycles. The highest BCUT2D eigenvalue weighted by Crippen LogP contribution is 2.27. The van der Waals surface area contributed by atoms with E-state index in [1.165, 1.54) is 12.1 Å². The van der Waals surface area contributed by atoms with Crippen LogP contribution in [0.5, 0.6) is 0 Å². The van der Waals surface area contributed by atoms with Crippen LogP contribution in [0.2, 0.25) is 0 Å². The summed E-state index contributed by atoms with van der Waals surface area (Å²) in [4.78, 5) is 4.50. The number of piperidine rings is 1. The van der Waals surface area contributed by atoms with Gasteiger partial charge in [-0.05, 0) is 61.3 Å². The normalized spacial score (nSPS) is 16.5. The maximum Gasteiger partial charge on any atom is 0.123 e. The Morgan fingerprint density at radius 2 is 1.74 bits per heavy atom. The lowest BCUT2D eigenvalue weighted by Gasteiger charge is -2.22. The zero-order valence-electron chi connectivity index (χ0n) is 10.8. The second-order valence-corrected chi connectivity index (χ2v) is 5.00. The molecule has 0 aliphatic carbocycles. The first-order valence-corrected chi connectivity index (χ1v) is 6.75. The van der Waals surface area contributed by atoms with Gasteiger partial charge in [0, 0.05) is 17.8 Å². The summed E-state index contributed by atoms with van der Waals surface area (Å²) >= 11 is 0. The number of pyridine rings is 1. The van der Waals surface area contributed by atoms with Crippen LogP contribution in [0.4, 0.5) is 4.39 Å². The second-order valence-electron chi connectivity index (χ2n) is 5.00. The maximum atomic E-state index is 13.0. The maximum absolute atomic E-state index is 13.0. The summed E-state index contributed by atoms with van der Waals surface area (Å²) in [6.45, 7) is 2.13. The van der Waals surface area contributed by atoms with Crippen LogP contribution in [0, 0.1) is 5.82 Å². The van der Waals surface area contributed by atoms with Crippen molar-refractivity contribution in [3.63, 3.8) is 0 Å². The van der Waals surface area contributed by atoms with Gasteiger partial charge in [0.15, 0.2) is 0 Å². The molecule has 0 saturated carbocycles. The predicted molar refractivity (Wildman–Crippen MR) is 74.5 cm³/mol. The summed E-state index contributed by atoms with van der Waals surface area (Å²) in [5.41, 5.74) is 3.31. The Morgan fingerprint density at radius 3 is 2.47 bits per heavy atom. The monoisotopic (exact) mass is 256 g/mol. The first-order valence-electron chi connectivity index (χ1n) is 6.75. The van der Waals surface area contributed by atoms with E-state index in [0.29, 0.717) is 5.92 Å². The van der Waals surface area contributed by atoms with Crippen molar-refractivity contribution in [1.29, 1.82) is 0 Å². The minimum atomic E-state index is -0.198. The fraction of sp³-hybridized carbons (Fsp3) is 0.312. The summed E-state index contributed by atoms with van der Waals surface area (Å²) in [5, 5.41) is 3.37. The van der Waals surface area contributed by atoms with E-state index in [0.717, 1.165) is 42.8 Å². The van der Waals surface area contributed by atoms with Crippen molar-refractivity contribution in [2.45, 2.75) is 18.8 Å². The molecule has 0 spiro atoms. The zero-order chi connectivity index (χ0) is 13.1. The first kappa shape index (κ1) is 12.3. The number of benzene rings is 1. The van der Waals surface area contributed by atoms with Crippen LogP contribution in [-0.2, 0) is 0 Å². The molecule has 1 saturated heterocycles. The molecule has 1 aliphatic rings. The molecule has 1 fully saturated rings. The van der Waals surface area contributed by atoms with Crippen LogP contribution in [0.25, 0.3) is 11.1 Å². The molecular formula is C16H17FN2. The average molecular weight is 256 g/mol. The lowest BCUT2D eigenvalue weighted by Crippen LogP contribution is -2.27. The summed E-state index contributed by atoms with van der Waals surface area (Å²) < 4.78 is 13.0. The number of nitrogens with zero attached hydrogens (tertiary/aromatic N) is 1. The summed E-state index contributed by atoms with van der Waals surface area (Å²) in [6, 6.07) is 10.8. The van der Waals surface area contributed by atoms with Crippen LogP contribution >= 0.6 is 0 Å². The molecule has 1 N–H and O–H groups in total. The van der Waals surface area contributed by atoms with E-state index < -0.39 is 0 Å². The number of rotatable bonds is 2. The molecule has 2 aromatic rings. The lowest BCUT2D eigenvalue weighted by atomic mass is 9.92. The summed E-state index contributed by atoms with van der Waals surface area (Å²) in [5.74, 6) is 0.345. The van der Waals surface area contributed by atoms with E-state index in [1.807, 2.05) is 24.4 Å². The zero-order valence-corrected chi connectivity index (χ0v) is 10.8. The average Bonchev–Trinajstić information content (AvgIpc) is 2.49. The molecule has 98 valence electrons. The van der Waals surface area contributed by atoms with E-state index in [1.54, 1.807) is 0 Å². The molecule has 3 heteroatoms. The molecule has 0 atom stereocenters. The Kier molecular flexibility index (Phi) is 3.56. The van der Waals surface area contributed by atoms with Crippen LogP contribution in [-0.4, -0.2) is 18.1 Å². The summed E-state index contributed by atoms with van der Waals surface area (Å²) in [7, 11) is 0. The largest absolute Gasteiger partial charge is 0.317 e. The highest BCUT2D eigenvalue weighted by Gasteiger charge is 2.16. The SMILES string of the molecule is Fc1ccc(-c2ccnc(C3CCNCC3)c2)cc1. The van der Waals surface area contributed by atoms with Gasteiger partial charge in [-0.15, -0.1) is 0 Å². The second kappa shape index (κ2) is 5.49. The molecule has 19 heavy (non-hydrogen) atoms. The van der Waals surface area contributed by atoms with Crippen molar-refractivity contribution in [2.75, 3.05) is 13.1 Å². The van der Waals surface area contributed by atoms with Gasteiger partial charge in [-0.1, -0.05) is 12.1 Å². The lowest BCUT2D eigenvalue weighted by molar-refractivity contribution is 0.453. The highest BCUT2D eigenvalue weighted by atomic mass is 19.1. The van der Waals surface area contributed by atoms with Crippen LogP contribution in [0.3, 0.4) is 0 Å². The third-order valence-electron chi connectivity index (χ3n) is 3.72. The van der Waals surface area contributed by atoms with Crippen molar-refractivity contribution >= 4 is 0 Å². The Bertz CT molecular complexity index is 545. The number of aromatic nitrogens is 1. The number of hydrogen-bond acceptors (Lipinski definition) is 2. The van der Waals surface area contributed by atoms with Crippen LogP contribution < -0.4 is 5.32 Å². The minimum absolute atomic E-state index is 0.198. The molecule has 0 bridgehead atoms. The van der Waals surface area contributed by atoms with Gasteiger partial charge >= 0.3 is 0 Å². The standard InChI is InChI=1S/C16H17FN2/c17-15-3-1-12(2-4-15)14-7-10-19-16(11-14)13-5-8-18-9-6-13/h1-4,7,10-11,13,18H,5-6,8-9H2. The smallest absolute Gasteiger partial charge is 0.123 e. The minimum Gasteiger partial charge on any atom is -0.317 e. The molecule has 0 unspecified atom stereocenters. The van der Waals surface area contributed by atoms with E-state index in [4.69, 9.17) is 0 Å². The number of halogens is 1. The molecule has 0 amide bonds. The Balaban J connectivity index is 1.88. The van der Waals surface area contributed by atoms with Crippen LogP contribution in [0.1, 0.15) is 24.5 Å². The number of hydrogen-bond donors (Lipinski definition) is 1. The quantitative estimate of drug-likeness (QED) is 0.891. The predicted octanol–water partition coefficient (Wildman–Crippen LogP) is 3.35. The van der Waals surface area contributed by atoms with E-state index in [2.05, 4.69) is 16.4 Å². The van der Waals surface area contributed by atoms with E-state index >= 15 is 0 Å². The van der Waals surface area contributed by atoms with Gasteiger partial charge in [-0.2, -0.15) is 0 Å². The fourth-order valence-corrected chi connectivity index (χ4v) is 2.61. The molecule has 1 aliphatic heterocycles. The summed E-state index contributed by atoms with van der Waals surface area (Å²) in [6.07, 6.45) is 4.13. The van der Waals surface area contributed by atoms with E-state index in [9.17, 15) is 4.39 Å². The molecular weight excluding hydrogens is 239 g/mol. The molecule has 2 nitrogen and oxygen atoms in total. The molecule has 0 radical (unpaired) electrons. The Hall–Kier alpha value is -1.74. The highest BCUT2D eigenvalue weighted by molar-refractivity contribution is 5.63. The van der Waals surface area contributed by atoms with Crippen molar-refractivity contribution in [1.82, 2.24) is 10.3 Å². The van der Waals surface area contributed by atoms with E-state index in [-0.39, 0.29) is 5.82 Å². The first-order chi connectivity index (χ1) is 9.33. The van der Waals surface area contributed by atoms with Crippen molar-refractivity contribution in [3.05, 3.63) is 54.1 Å². The molecule has 1 aromatic heterocycles. The van der Waals surface area contributed by atoms with Gasteiger partial charge in [0.05, 0.1) is 0 Å². The topological polar surface area (TPSA) is 24.9 Å². The van der Waals surface area contributed by atoms with Crippen LogP contribution in [0.15, 0.2) is 42.6 Å². The Morgan fingerprint density at radius 1 is 1.00 bits per heavy atom. The molecule has 3 rings (SSSR count). The van der Waals surface area contributed by atoms with Gasteiger partial charge in [0.2, 0.25) is 0 Å². The Labute approximate surface area is 112 Å². The van der Waals surface area contributed by atoms with Crippen molar-refractivity contribution in [3.8, 4) is 11.1 Å². The fourth-order valence-electron chi connectivity index (χ4n) is 2.61. The third kappa shape index (κ3) is 2.82. The third-order valence-corrected chi connectivity index (χ3v) is 3.72.